The third-order valence-electron chi connectivity index (χ3n) is 4.63. The largest absolute Gasteiger partial charge is 0.496 e. The van der Waals surface area contributed by atoms with Gasteiger partial charge in [-0.2, -0.15) is 0 Å². The first-order chi connectivity index (χ1) is 14.0. The molecule has 0 bridgehead atoms. The van der Waals surface area contributed by atoms with Gasteiger partial charge >= 0.3 is 0 Å². The first-order valence-corrected chi connectivity index (χ1v) is 9.06. The summed E-state index contributed by atoms with van der Waals surface area (Å²) in [5.74, 6) is -0.194. The van der Waals surface area contributed by atoms with Gasteiger partial charge in [-0.3, -0.25) is 14.4 Å². The van der Waals surface area contributed by atoms with E-state index >= 15 is 0 Å². The molecule has 29 heavy (non-hydrogen) atoms. The predicted molar refractivity (Wildman–Crippen MR) is 106 cm³/mol. The van der Waals surface area contributed by atoms with E-state index in [9.17, 15) is 14.4 Å². The van der Waals surface area contributed by atoms with Gasteiger partial charge in [-0.25, -0.2) is 0 Å². The van der Waals surface area contributed by atoms with E-state index in [2.05, 4.69) is 5.32 Å². The summed E-state index contributed by atoms with van der Waals surface area (Å²) in [6, 6.07) is 6.32. The van der Waals surface area contributed by atoms with Crippen LogP contribution in [0.15, 0.2) is 35.3 Å². The molecular weight excluding hydrogens is 378 g/mol. The fraction of sp³-hybridized carbons (Fsp3) is 0.350. The van der Waals surface area contributed by atoms with Crippen LogP contribution in [0.1, 0.15) is 20.7 Å². The van der Waals surface area contributed by atoms with Crippen LogP contribution in [0.2, 0.25) is 0 Å². The van der Waals surface area contributed by atoms with Crippen LogP contribution in [-0.4, -0.2) is 61.8 Å². The summed E-state index contributed by atoms with van der Waals surface area (Å²) in [5, 5.41) is 2.59. The van der Waals surface area contributed by atoms with Gasteiger partial charge in [0, 0.05) is 26.3 Å². The number of hydrogen-bond acceptors (Lipinski definition) is 6. The van der Waals surface area contributed by atoms with E-state index in [0.29, 0.717) is 43.4 Å². The second kappa shape index (κ2) is 8.78. The lowest BCUT2D eigenvalue weighted by Crippen LogP contribution is -2.41. The normalized spacial score (nSPS) is 13.7. The summed E-state index contributed by atoms with van der Waals surface area (Å²) in [4.78, 5) is 39.9. The highest BCUT2D eigenvalue weighted by molar-refractivity contribution is 6.08. The Morgan fingerprint density at radius 2 is 1.72 bits per heavy atom. The Morgan fingerprint density at radius 1 is 1.10 bits per heavy atom. The number of carbonyl (C=O) groups is 2. The Labute approximate surface area is 167 Å². The fourth-order valence-electron chi connectivity index (χ4n) is 3.13. The SMILES string of the molecule is COc1cccc(OC)c1C(=O)Nc1cc(C(=O)N2CCOCC2)cn(C)c1=O. The van der Waals surface area contributed by atoms with E-state index in [-0.39, 0.29) is 17.2 Å². The minimum Gasteiger partial charge on any atom is -0.496 e. The van der Waals surface area contributed by atoms with Gasteiger partial charge in [0.2, 0.25) is 0 Å². The lowest BCUT2D eigenvalue weighted by Gasteiger charge is -2.27. The molecule has 0 spiro atoms. The van der Waals surface area contributed by atoms with E-state index in [4.69, 9.17) is 14.2 Å². The summed E-state index contributed by atoms with van der Waals surface area (Å²) in [7, 11) is 4.40. The Morgan fingerprint density at radius 3 is 2.31 bits per heavy atom. The second-order valence-electron chi connectivity index (χ2n) is 6.45. The van der Waals surface area contributed by atoms with Crippen molar-refractivity contribution < 1.29 is 23.8 Å². The number of ether oxygens (including phenoxy) is 3. The Kier molecular flexibility index (Phi) is 6.18. The number of morpholine rings is 1. The molecule has 0 unspecified atom stereocenters. The molecule has 0 aliphatic carbocycles. The summed E-state index contributed by atoms with van der Waals surface area (Å²) < 4.78 is 17.0. The number of aryl methyl sites for hydroxylation is 1. The van der Waals surface area contributed by atoms with Crippen molar-refractivity contribution in [1.29, 1.82) is 0 Å². The van der Waals surface area contributed by atoms with Gasteiger partial charge in [-0.15, -0.1) is 0 Å². The molecule has 154 valence electrons. The van der Waals surface area contributed by atoms with Crippen LogP contribution in [0.5, 0.6) is 11.5 Å². The average Bonchev–Trinajstić information content (AvgIpc) is 2.75. The molecule has 9 nitrogen and oxygen atoms in total. The van der Waals surface area contributed by atoms with Crippen LogP contribution in [-0.2, 0) is 11.8 Å². The van der Waals surface area contributed by atoms with Gasteiger partial charge in [0.25, 0.3) is 17.4 Å². The Balaban J connectivity index is 1.93. The number of pyridine rings is 1. The van der Waals surface area contributed by atoms with Gasteiger partial charge in [-0.05, 0) is 18.2 Å². The zero-order valence-corrected chi connectivity index (χ0v) is 16.6. The van der Waals surface area contributed by atoms with E-state index in [1.165, 1.54) is 38.1 Å². The first kappa shape index (κ1) is 20.4. The lowest BCUT2D eigenvalue weighted by atomic mass is 10.1. The molecule has 2 amide bonds. The van der Waals surface area contributed by atoms with Crippen LogP contribution in [0.4, 0.5) is 5.69 Å². The van der Waals surface area contributed by atoms with Crippen molar-refractivity contribution in [3.05, 3.63) is 51.9 Å². The molecule has 0 atom stereocenters. The highest BCUT2D eigenvalue weighted by atomic mass is 16.5. The molecule has 1 aromatic heterocycles. The highest BCUT2D eigenvalue weighted by Crippen LogP contribution is 2.28. The third-order valence-corrected chi connectivity index (χ3v) is 4.63. The summed E-state index contributed by atoms with van der Waals surface area (Å²) in [6.07, 6.45) is 1.46. The zero-order chi connectivity index (χ0) is 21.0. The monoisotopic (exact) mass is 401 g/mol. The molecule has 1 saturated heterocycles. The smallest absolute Gasteiger partial charge is 0.274 e. The minimum atomic E-state index is -0.577. The van der Waals surface area contributed by atoms with Crippen LogP contribution in [0.3, 0.4) is 0 Å². The minimum absolute atomic E-state index is 0.00966. The van der Waals surface area contributed by atoms with Crippen LogP contribution < -0.4 is 20.3 Å². The second-order valence-corrected chi connectivity index (χ2v) is 6.45. The number of aromatic nitrogens is 1. The van der Waals surface area contributed by atoms with E-state index in [0.717, 1.165) is 0 Å². The molecule has 3 rings (SSSR count). The van der Waals surface area contributed by atoms with Crippen LogP contribution in [0.25, 0.3) is 0 Å². The van der Waals surface area contributed by atoms with Gasteiger partial charge in [-0.1, -0.05) is 6.07 Å². The van der Waals surface area contributed by atoms with Gasteiger partial charge in [0.1, 0.15) is 22.7 Å². The molecule has 2 aromatic rings. The van der Waals surface area contributed by atoms with Crippen molar-refractivity contribution in [2.75, 3.05) is 45.8 Å². The van der Waals surface area contributed by atoms with Crippen molar-refractivity contribution in [3.63, 3.8) is 0 Å². The number of rotatable bonds is 5. The van der Waals surface area contributed by atoms with Crippen LogP contribution in [0, 0.1) is 0 Å². The Bertz CT molecular complexity index is 956. The van der Waals surface area contributed by atoms with Crippen molar-refractivity contribution in [2.45, 2.75) is 0 Å². The fourth-order valence-corrected chi connectivity index (χ4v) is 3.13. The zero-order valence-electron chi connectivity index (χ0n) is 16.6. The highest BCUT2D eigenvalue weighted by Gasteiger charge is 2.23. The van der Waals surface area contributed by atoms with Gasteiger partial charge in [0.05, 0.1) is 33.0 Å². The number of benzene rings is 1. The topological polar surface area (TPSA) is 99.1 Å². The number of amides is 2. The molecular formula is C20H23N3O6. The van der Waals surface area contributed by atoms with E-state index in [1.807, 2.05) is 0 Å². The molecule has 1 aromatic carbocycles. The maximum atomic E-state index is 12.9. The number of nitrogens with zero attached hydrogens (tertiary/aromatic N) is 2. The molecule has 2 heterocycles. The Hall–Kier alpha value is -3.33. The van der Waals surface area contributed by atoms with Crippen LogP contribution >= 0.6 is 0 Å². The molecule has 9 heteroatoms. The third kappa shape index (κ3) is 4.24. The van der Waals surface area contributed by atoms with Crippen molar-refractivity contribution in [2.24, 2.45) is 7.05 Å². The van der Waals surface area contributed by atoms with E-state index < -0.39 is 11.5 Å². The molecule has 0 saturated carbocycles. The molecule has 1 aliphatic rings. The van der Waals surface area contributed by atoms with Gasteiger partial charge in [0.15, 0.2) is 0 Å². The number of anilines is 1. The van der Waals surface area contributed by atoms with Crippen molar-refractivity contribution in [3.8, 4) is 11.5 Å². The average molecular weight is 401 g/mol. The number of methoxy groups -OCH3 is 2. The maximum Gasteiger partial charge on any atom is 0.274 e. The standard InChI is InChI=1S/C20H23N3O6/c1-22-12-13(19(25)23-7-9-29-10-8-23)11-14(20(22)26)21-18(24)17-15(27-2)5-4-6-16(17)28-3/h4-6,11-12H,7-10H2,1-3H3,(H,21,24). The maximum absolute atomic E-state index is 12.9. The summed E-state index contributed by atoms with van der Waals surface area (Å²) >= 11 is 0. The molecule has 0 radical (unpaired) electrons. The molecule has 1 aliphatic heterocycles. The lowest BCUT2D eigenvalue weighted by molar-refractivity contribution is 0.0302. The molecule has 1 N–H and O–H groups in total. The summed E-state index contributed by atoms with van der Waals surface area (Å²) in [5.41, 5.74) is 0.0102. The van der Waals surface area contributed by atoms with E-state index in [1.54, 1.807) is 23.1 Å². The first-order valence-electron chi connectivity index (χ1n) is 9.06. The quantitative estimate of drug-likeness (QED) is 0.806. The van der Waals surface area contributed by atoms with Crippen molar-refractivity contribution in [1.82, 2.24) is 9.47 Å². The number of carbonyl (C=O) groups excluding carboxylic acids is 2. The van der Waals surface area contributed by atoms with Crippen molar-refractivity contribution >= 4 is 17.5 Å². The van der Waals surface area contributed by atoms with Gasteiger partial charge < -0.3 is 29.0 Å². The summed E-state index contributed by atoms with van der Waals surface area (Å²) in [6.45, 7) is 1.88. The number of nitrogens with one attached hydrogen (secondary N) is 1. The predicted octanol–water partition coefficient (Wildman–Crippen LogP) is 1.13. The molecule has 1 fully saturated rings. The number of hydrogen-bond donors (Lipinski definition) is 1.